The topological polar surface area (TPSA) is 78.3 Å². The van der Waals surface area contributed by atoms with Crippen LogP contribution in [0.2, 0.25) is 0 Å². The van der Waals surface area contributed by atoms with Crippen LogP contribution in [0.1, 0.15) is 40.0 Å². The van der Waals surface area contributed by atoms with E-state index in [-0.39, 0.29) is 5.54 Å². The van der Waals surface area contributed by atoms with E-state index >= 15 is 0 Å². The second kappa shape index (κ2) is 8.80. The lowest BCUT2D eigenvalue weighted by atomic mass is 10.1. The maximum Gasteiger partial charge on any atom is 0.407 e. The molecule has 2 aromatic rings. The quantitative estimate of drug-likeness (QED) is 0.673. The smallest absolute Gasteiger partial charge is 0.407 e. The van der Waals surface area contributed by atoms with Crippen molar-refractivity contribution >= 4 is 22.6 Å². The van der Waals surface area contributed by atoms with Gasteiger partial charge in [-0.25, -0.2) is 9.78 Å². The number of nitrogens with one attached hydrogen (secondary N) is 1. The summed E-state index contributed by atoms with van der Waals surface area (Å²) in [7, 11) is 0. The summed E-state index contributed by atoms with van der Waals surface area (Å²) < 4.78 is 0. The minimum absolute atomic E-state index is 0.354. The van der Waals surface area contributed by atoms with Gasteiger partial charge in [0.1, 0.15) is 0 Å². The molecule has 0 aliphatic rings. The van der Waals surface area contributed by atoms with Gasteiger partial charge in [0.2, 0.25) is 0 Å². The first-order chi connectivity index (χ1) is 11.9. The van der Waals surface area contributed by atoms with Crippen LogP contribution >= 0.6 is 11.3 Å². The number of aromatic nitrogens is 2. The Kier molecular flexibility index (Phi) is 6.75. The Hall–Kier alpha value is -2.15. The number of anilines is 1. The standard InChI is InChI=1S/C18H26N4O2S/c1-18(2,3)22(17(23)24)11-6-4-5-10-20-16-21-15(13-25-16)14-8-7-9-19-12-14/h7-9,12-13H,4-6,10-11H2,1-3H3,(H,20,21)(H,23,24). The molecule has 0 bridgehead atoms. The molecule has 0 radical (unpaired) electrons. The molecule has 2 aromatic heterocycles. The summed E-state index contributed by atoms with van der Waals surface area (Å²) in [5, 5.41) is 15.5. The van der Waals surface area contributed by atoms with Crippen LogP contribution < -0.4 is 5.32 Å². The number of carbonyl (C=O) groups is 1. The number of pyridine rings is 1. The van der Waals surface area contributed by atoms with Gasteiger partial charge in [0, 0.05) is 42.0 Å². The predicted molar refractivity (Wildman–Crippen MR) is 102 cm³/mol. The Labute approximate surface area is 152 Å². The van der Waals surface area contributed by atoms with Crippen molar-refractivity contribution in [3.8, 4) is 11.3 Å². The van der Waals surface area contributed by atoms with Crippen LogP contribution in [-0.4, -0.2) is 44.7 Å². The Morgan fingerprint density at radius 2 is 2.12 bits per heavy atom. The molecule has 0 spiro atoms. The lowest BCUT2D eigenvalue weighted by molar-refractivity contribution is 0.0991. The minimum Gasteiger partial charge on any atom is -0.465 e. The Morgan fingerprint density at radius 3 is 2.76 bits per heavy atom. The highest BCUT2D eigenvalue weighted by Crippen LogP contribution is 2.24. The predicted octanol–water partition coefficient (Wildman–Crippen LogP) is 4.57. The number of hydrogen-bond donors (Lipinski definition) is 2. The molecule has 2 rings (SSSR count). The van der Waals surface area contributed by atoms with Gasteiger partial charge in [0.25, 0.3) is 0 Å². The van der Waals surface area contributed by atoms with E-state index < -0.39 is 6.09 Å². The van der Waals surface area contributed by atoms with Crippen molar-refractivity contribution in [3.05, 3.63) is 29.9 Å². The molecule has 0 aromatic carbocycles. The Morgan fingerprint density at radius 1 is 1.32 bits per heavy atom. The second-order valence-electron chi connectivity index (χ2n) is 6.87. The van der Waals surface area contributed by atoms with E-state index in [0.717, 1.165) is 42.2 Å². The van der Waals surface area contributed by atoms with Crippen LogP contribution in [0.5, 0.6) is 0 Å². The SMILES string of the molecule is CC(C)(C)N(CCCCCNc1nc(-c2cccnc2)cs1)C(=O)O. The zero-order chi connectivity index (χ0) is 18.3. The molecule has 2 heterocycles. The van der Waals surface area contributed by atoms with Crippen molar-refractivity contribution in [2.45, 2.75) is 45.6 Å². The number of hydrogen-bond acceptors (Lipinski definition) is 5. The van der Waals surface area contributed by atoms with Gasteiger partial charge in [-0.3, -0.25) is 4.98 Å². The summed E-state index contributed by atoms with van der Waals surface area (Å²) in [4.78, 5) is 21.4. The lowest BCUT2D eigenvalue weighted by Gasteiger charge is -2.33. The van der Waals surface area contributed by atoms with E-state index in [2.05, 4.69) is 15.3 Å². The average molecular weight is 362 g/mol. The molecular formula is C18H26N4O2S. The highest BCUT2D eigenvalue weighted by molar-refractivity contribution is 7.14. The molecule has 0 saturated carbocycles. The zero-order valence-corrected chi connectivity index (χ0v) is 15.8. The van der Waals surface area contributed by atoms with Crippen LogP contribution in [0.4, 0.5) is 9.93 Å². The number of amides is 1. The van der Waals surface area contributed by atoms with Crippen molar-refractivity contribution in [3.63, 3.8) is 0 Å². The lowest BCUT2D eigenvalue weighted by Crippen LogP contribution is -2.45. The first-order valence-electron chi connectivity index (χ1n) is 8.48. The van der Waals surface area contributed by atoms with Gasteiger partial charge in [-0.1, -0.05) is 0 Å². The third-order valence-corrected chi connectivity index (χ3v) is 4.64. The first-order valence-corrected chi connectivity index (χ1v) is 9.36. The molecule has 2 N–H and O–H groups in total. The van der Waals surface area contributed by atoms with Crippen LogP contribution in [0.15, 0.2) is 29.9 Å². The Balaban J connectivity index is 1.68. The van der Waals surface area contributed by atoms with E-state index in [1.165, 1.54) is 4.90 Å². The summed E-state index contributed by atoms with van der Waals surface area (Å²) in [6.45, 7) is 7.17. The van der Waals surface area contributed by atoms with Gasteiger partial charge in [-0.2, -0.15) is 0 Å². The second-order valence-corrected chi connectivity index (χ2v) is 7.73. The molecule has 136 valence electrons. The fraction of sp³-hybridized carbons (Fsp3) is 0.500. The summed E-state index contributed by atoms with van der Waals surface area (Å²) in [5.41, 5.74) is 1.60. The summed E-state index contributed by atoms with van der Waals surface area (Å²) in [6.07, 6.45) is 5.54. The van der Waals surface area contributed by atoms with Crippen molar-refractivity contribution in [2.24, 2.45) is 0 Å². The van der Waals surface area contributed by atoms with Gasteiger partial charge in [0.05, 0.1) is 5.69 Å². The number of unbranched alkanes of at least 4 members (excludes halogenated alkanes) is 2. The monoisotopic (exact) mass is 362 g/mol. The molecule has 0 aliphatic heterocycles. The molecule has 0 unspecified atom stereocenters. The molecule has 0 atom stereocenters. The number of rotatable bonds is 8. The van der Waals surface area contributed by atoms with Crippen molar-refractivity contribution in [1.82, 2.24) is 14.9 Å². The summed E-state index contributed by atoms with van der Waals surface area (Å²) in [6, 6.07) is 3.90. The molecule has 0 aliphatic carbocycles. The number of nitrogens with zero attached hydrogens (tertiary/aromatic N) is 3. The summed E-state index contributed by atoms with van der Waals surface area (Å²) in [5.74, 6) is 0. The average Bonchev–Trinajstić information content (AvgIpc) is 3.02. The minimum atomic E-state index is -0.851. The van der Waals surface area contributed by atoms with Crippen LogP contribution in [0.3, 0.4) is 0 Å². The van der Waals surface area contributed by atoms with Crippen LogP contribution in [-0.2, 0) is 0 Å². The zero-order valence-electron chi connectivity index (χ0n) is 15.0. The number of carboxylic acid groups (broad SMARTS) is 1. The van der Waals surface area contributed by atoms with Crippen LogP contribution in [0, 0.1) is 0 Å². The van der Waals surface area contributed by atoms with E-state index in [1.807, 2.05) is 44.5 Å². The van der Waals surface area contributed by atoms with Crippen molar-refractivity contribution in [1.29, 1.82) is 0 Å². The van der Waals surface area contributed by atoms with Crippen LogP contribution in [0.25, 0.3) is 11.3 Å². The first kappa shape index (κ1) is 19.2. The third-order valence-electron chi connectivity index (χ3n) is 3.84. The van der Waals surface area contributed by atoms with Gasteiger partial charge >= 0.3 is 6.09 Å². The molecule has 0 fully saturated rings. The molecule has 7 heteroatoms. The maximum atomic E-state index is 11.3. The third kappa shape index (κ3) is 6.01. The highest BCUT2D eigenvalue weighted by Gasteiger charge is 2.25. The largest absolute Gasteiger partial charge is 0.465 e. The van der Waals surface area contributed by atoms with Crippen molar-refractivity contribution < 1.29 is 9.90 Å². The van der Waals surface area contributed by atoms with Gasteiger partial charge in [0.15, 0.2) is 5.13 Å². The normalized spacial score (nSPS) is 11.3. The van der Waals surface area contributed by atoms with E-state index in [4.69, 9.17) is 0 Å². The molecular weight excluding hydrogens is 336 g/mol. The molecule has 6 nitrogen and oxygen atoms in total. The van der Waals surface area contributed by atoms with Crippen molar-refractivity contribution in [2.75, 3.05) is 18.4 Å². The highest BCUT2D eigenvalue weighted by atomic mass is 32.1. The molecule has 1 amide bonds. The fourth-order valence-corrected chi connectivity index (χ4v) is 3.24. The van der Waals surface area contributed by atoms with E-state index in [9.17, 15) is 9.90 Å². The van der Waals surface area contributed by atoms with E-state index in [1.54, 1.807) is 17.5 Å². The maximum absolute atomic E-state index is 11.3. The van der Waals surface area contributed by atoms with Gasteiger partial charge in [-0.15, -0.1) is 11.3 Å². The van der Waals surface area contributed by atoms with E-state index in [0.29, 0.717) is 6.54 Å². The number of thiazole rings is 1. The Bertz CT molecular complexity index is 667. The molecule has 0 saturated heterocycles. The summed E-state index contributed by atoms with van der Waals surface area (Å²) >= 11 is 1.58. The van der Waals surface area contributed by atoms with Gasteiger partial charge < -0.3 is 15.3 Å². The fourth-order valence-electron chi connectivity index (χ4n) is 2.49. The van der Waals surface area contributed by atoms with Gasteiger partial charge in [-0.05, 0) is 52.2 Å². The molecule has 25 heavy (non-hydrogen) atoms.